The minimum Gasteiger partial charge on any atom is -0.378 e. The van der Waals surface area contributed by atoms with Gasteiger partial charge < -0.3 is 30.5 Å². The summed E-state index contributed by atoms with van der Waals surface area (Å²) in [5.41, 5.74) is 0.618. The molecule has 1 atom stereocenters. The molecule has 28 heavy (non-hydrogen) atoms. The molecule has 2 heterocycles. The minimum atomic E-state index is -0.946. The molecular weight excluding hydrogens is 362 g/mol. The Bertz CT molecular complexity index is 640. The molecule has 0 spiro atoms. The highest BCUT2D eigenvalue weighted by atomic mass is 16.5. The number of amides is 4. The van der Waals surface area contributed by atoms with Crippen LogP contribution in [0.5, 0.6) is 0 Å². The highest BCUT2D eigenvalue weighted by molar-refractivity contribution is 5.99. The number of morpholine rings is 1. The summed E-state index contributed by atoms with van der Waals surface area (Å²) in [5.74, 6) is -0.548. The van der Waals surface area contributed by atoms with E-state index < -0.39 is 11.9 Å². The number of piperazine rings is 1. The second kappa shape index (κ2) is 10.0. The van der Waals surface area contributed by atoms with Gasteiger partial charge in [0.15, 0.2) is 0 Å². The third-order valence-corrected chi connectivity index (χ3v) is 4.80. The van der Waals surface area contributed by atoms with Gasteiger partial charge in [0.05, 0.1) is 19.6 Å². The third kappa shape index (κ3) is 5.67. The lowest BCUT2D eigenvalue weighted by atomic mass is 10.1. The summed E-state index contributed by atoms with van der Waals surface area (Å²) in [6.07, 6.45) is -0.0747. The van der Waals surface area contributed by atoms with Gasteiger partial charge in [0.25, 0.3) is 0 Å². The zero-order valence-electron chi connectivity index (χ0n) is 15.9. The second-order valence-electron chi connectivity index (χ2n) is 6.79. The monoisotopic (exact) mass is 389 g/mol. The molecule has 0 saturated carbocycles. The highest BCUT2D eigenvalue weighted by Crippen LogP contribution is 2.09. The van der Waals surface area contributed by atoms with Gasteiger partial charge in [-0.25, -0.2) is 4.79 Å². The average molecular weight is 389 g/mol. The Morgan fingerprint density at radius 2 is 1.68 bits per heavy atom. The first-order valence-corrected chi connectivity index (χ1v) is 9.61. The van der Waals surface area contributed by atoms with Crippen LogP contribution in [0.4, 0.5) is 10.5 Å². The number of carbonyl (C=O) groups excluding carboxylic acids is 3. The topological polar surface area (TPSA) is 103 Å². The highest BCUT2D eigenvalue weighted by Gasteiger charge is 2.29. The average Bonchev–Trinajstić information content (AvgIpc) is 2.75. The van der Waals surface area contributed by atoms with Crippen LogP contribution >= 0.6 is 0 Å². The number of anilines is 1. The predicted octanol–water partition coefficient (Wildman–Crippen LogP) is -0.143. The van der Waals surface area contributed by atoms with E-state index in [0.717, 1.165) is 13.1 Å². The first kappa shape index (κ1) is 20.1. The van der Waals surface area contributed by atoms with Gasteiger partial charge in [0.2, 0.25) is 11.8 Å². The molecule has 4 amide bonds. The number of hydrogen-bond acceptors (Lipinski definition) is 5. The first-order chi connectivity index (χ1) is 13.6. The van der Waals surface area contributed by atoms with E-state index in [-0.39, 0.29) is 18.4 Å². The molecule has 152 valence electrons. The van der Waals surface area contributed by atoms with Crippen molar-refractivity contribution in [3.63, 3.8) is 0 Å². The van der Waals surface area contributed by atoms with Crippen LogP contribution in [0, 0.1) is 0 Å². The SMILES string of the molecule is O=C(Nc1ccccc1)[C@H](CC(=O)N1CCNCC1)NC(=O)N1CCOCC1. The van der Waals surface area contributed by atoms with Crippen molar-refractivity contribution in [2.24, 2.45) is 0 Å². The van der Waals surface area contributed by atoms with Gasteiger partial charge >= 0.3 is 6.03 Å². The Morgan fingerprint density at radius 1 is 1.00 bits per heavy atom. The van der Waals surface area contributed by atoms with Gasteiger partial charge in [0.1, 0.15) is 6.04 Å². The van der Waals surface area contributed by atoms with Crippen LogP contribution in [0.15, 0.2) is 30.3 Å². The largest absolute Gasteiger partial charge is 0.378 e. The lowest BCUT2D eigenvalue weighted by molar-refractivity contribution is -0.134. The summed E-state index contributed by atoms with van der Waals surface area (Å²) >= 11 is 0. The van der Waals surface area contributed by atoms with Crippen LogP contribution in [-0.4, -0.2) is 86.2 Å². The molecule has 9 nitrogen and oxygen atoms in total. The predicted molar refractivity (Wildman–Crippen MR) is 104 cm³/mol. The maximum absolute atomic E-state index is 12.8. The first-order valence-electron chi connectivity index (χ1n) is 9.61. The summed E-state index contributed by atoms with van der Waals surface area (Å²) in [6, 6.07) is 7.68. The smallest absolute Gasteiger partial charge is 0.318 e. The summed E-state index contributed by atoms with van der Waals surface area (Å²) in [4.78, 5) is 41.3. The van der Waals surface area contributed by atoms with Crippen LogP contribution in [0.1, 0.15) is 6.42 Å². The normalized spacial score (nSPS) is 18.3. The molecule has 1 aromatic rings. The van der Waals surface area contributed by atoms with Crippen molar-refractivity contribution < 1.29 is 19.1 Å². The van der Waals surface area contributed by atoms with Crippen LogP contribution < -0.4 is 16.0 Å². The zero-order valence-corrected chi connectivity index (χ0v) is 15.9. The number of carbonyl (C=O) groups is 3. The van der Waals surface area contributed by atoms with Gasteiger partial charge in [-0.2, -0.15) is 0 Å². The lowest BCUT2D eigenvalue weighted by Gasteiger charge is -2.31. The molecular formula is C19H27N5O4. The molecule has 0 aliphatic carbocycles. The number of urea groups is 1. The molecule has 2 fully saturated rings. The lowest BCUT2D eigenvalue weighted by Crippen LogP contribution is -2.54. The molecule has 2 saturated heterocycles. The zero-order chi connectivity index (χ0) is 19.8. The standard InChI is InChI=1S/C19H27N5O4/c25-17(23-8-6-20-7-9-23)14-16(18(26)21-15-4-2-1-3-5-15)22-19(27)24-10-12-28-13-11-24/h1-5,16,20H,6-14H2,(H,21,26)(H,22,27)/t16-/m0/s1. The number of ether oxygens (including phenoxy) is 1. The molecule has 9 heteroatoms. The summed E-state index contributed by atoms with van der Waals surface area (Å²) in [5, 5.41) is 8.70. The van der Waals surface area contributed by atoms with E-state index in [0.29, 0.717) is 45.1 Å². The second-order valence-corrected chi connectivity index (χ2v) is 6.79. The molecule has 0 aromatic heterocycles. The summed E-state index contributed by atoms with van der Waals surface area (Å²) < 4.78 is 5.26. The number of rotatable bonds is 5. The van der Waals surface area contributed by atoms with E-state index in [9.17, 15) is 14.4 Å². The Morgan fingerprint density at radius 3 is 2.36 bits per heavy atom. The fourth-order valence-corrected chi connectivity index (χ4v) is 3.18. The number of para-hydroxylation sites is 1. The molecule has 0 unspecified atom stereocenters. The van der Waals surface area contributed by atoms with E-state index in [1.54, 1.807) is 21.9 Å². The molecule has 2 aliphatic heterocycles. The quantitative estimate of drug-likeness (QED) is 0.650. The van der Waals surface area contributed by atoms with Crippen molar-refractivity contribution >= 4 is 23.5 Å². The van der Waals surface area contributed by atoms with Crippen molar-refractivity contribution in [3.05, 3.63) is 30.3 Å². The van der Waals surface area contributed by atoms with Gasteiger partial charge in [-0.1, -0.05) is 18.2 Å². The van der Waals surface area contributed by atoms with Crippen molar-refractivity contribution in [2.45, 2.75) is 12.5 Å². The van der Waals surface area contributed by atoms with Crippen molar-refractivity contribution in [1.82, 2.24) is 20.4 Å². The number of nitrogens with one attached hydrogen (secondary N) is 3. The summed E-state index contributed by atoms with van der Waals surface area (Å²) in [6.45, 7) is 4.52. The fraction of sp³-hybridized carbons (Fsp3) is 0.526. The molecule has 3 N–H and O–H groups in total. The maximum atomic E-state index is 12.8. The van der Waals surface area contributed by atoms with Crippen LogP contribution in [0.2, 0.25) is 0 Å². The fourth-order valence-electron chi connectivity index (χ4n) is 3.18. The molecule has 1 aromatic carbocycles. The van der Waals surface area contributed by atoms with E-state index >= 15 is 0 Å². The Labute approximate surface area is 164 Å². The Hall–Kier alpha value is -2.65. The number of hydrogen-bond donors (Lipinski definition) is 3. The Kier molecular flexibility index (Phi) is 7.21. The van der Waals surface area contributed by atoms with Crippen LogP contribution in [-0.2, 0) is 14.3 Å². The molecule has 3 rings (SSSR count). The minimum absolute atomic E-state index is 0.0747. The van der Waals surface area contributed by atoms with Gasteiger partial charge in [-0.05, 0) is 12.1 Å². The molecule has 2 aliphatic rings. The summed E-state index contributed by atoms with van der Waals surface area (Å²) in [7, 11) is 0. The van der Waals surface area contributed by atoms with E-state index in [2.05, 4.69) is 16.0 Å². The Balaban J connectivity index is 1.65. The van der Waals surface area contributed by atoms with Crippen molar-refractivity contribution in [3.8, 4) is 0 Å². The van der Waals surface area contributed by atoms with Crippen molar-refractivity contribution in [2.75, 3.05) is 57.8 Å². The number of benzene rings is 1. The van der Waals surface area contributed by atoms with E-state index in [4.69, 9.17) is 4.74 Å². The van der Waals surface area contributed by atoms with E-state index in [1.807, 2.05) is 18.2 Å². The van der Waals surface area contributed by atoms with Crippen LogP contribution in [0.3, 0.4) is 0 Å². The maximum Gasteiger partial charge on any atom is 0.318 e. The third-order valence-electron chi connectivity index (χ3n) is 4.80. The number of nitrogens with zero attached hydrogens (tertiary/aromatic N) is 2. The van der Waals surface area contributed by atoms with Gasteiger partial charge in [-0.15, -0.1) is 0 Å². The molecule has 0 radical (unpaired) electrons. The van der Waals surface area contributed by atoms with Gasteiger partial charge in [0, 0.05) is 45.0 Å². The van der Waals surface area contributed by atoms with Gasteiger partial charge in [-0.3, -0.25) is 9.59 Å². The van der Waals surface area contributed by atoms with Crippen LogP contribution in [0.25, 0.3) is 0 Å². The van der Waals surface area contributed by atoms with E-state index in [1.165, 1.54) is 0 Å². The van der Waals surface area contributed by atoms with Crippen molar-refractivity contribution in [1.29, 1.82) is 0 Å². The molecule has 0 bridgehead atoms.